The molecule has 1 atom stereocenters. The molecule has 0 radical (unpaired) electrons. The SMILES string of the molecule is CCCNC(CCc1ccsc1)CSC(C)C. The lowest BCUT2D eigenvalue weighted by atomic mass is 10.1. The van der Waals surface area contributed by atoms with Crippen LogP contribution in [-0.4, -0.2) is 23.6 Å². The van der Waals surface area contributed by atoms with Crippen LogP contribution in [0.15, 0.2) is 16.8 Å². The maximum atomic E-state index is 3.67. The first kappa shape index (κ1) is 15.1. The Morgan fingerprint density at radius 2 is 2.24 bits per heavy atom. The average molecular weight is 271 g/mol. The zero-order valence-electron chi connectivity index (χ0n) is 11.2. The van der Waals surface area contributed by atoms with E-state index in [2.05, 4.69) is 54.7 Å². The van der Waals surface area contributed by atoms with Gasteiger partial charge in [-0.15, -0.1) is 0 Å². The fraction of sp³-hybridized carbons (Fsp3) is 0.714. The number of hydrogen-bond acceptors (Lipinski definition) is 3. The number of nitrogens with one attached hydrogen (secondary N) is 1. The van der Waals surface area contributed by atoms with Gasteiger partial charge in [0, 0.05) is 11.8 Å². The highest BCUT2D eigenvalue weighted by molar-refractivity contribution is 7.99. The van der Waals surface area contributed by atoms with E-state index < -0.39 is 0 Å². The first-order valence-electron chi connectivity index (χ1n) is 6.58. The van der Waals surface area contributed by atoms with Gasteiger partial charge in [-0.3, -0.25) is 0 Å². The van der Waals surface area contributed by atoms with Crippen molar-refractivity contribution in [2.75, 3.05) is 12.3 Å². The van der Waals surface area contributed by atoms with Crippen LogP contribution < -0.4 is 5.32 Å². The van der Waals surface area contributed by atoms with E-state index in [0.717, 1.165) is 11.8 Å². The minimum atomic E-state index is 0.669. The lowest BCUT2D eigenvalue weighted by Crippen LogP contribution is -2.32. The minimum Gasteiger partial charge on any atom is -0.313 e. The zero-order valence-corrected chi connectivity index (χ0v) is 12.9. The minimum absolute atomic E-state index is 0.669. The van der Waals surface area contributed by atoms with Gasteiger partial charge in [-0.05, 0) is 53.4 Å². The quantitative estimate of drug-likeness (QED) is 0.723. The van der Waals surface area contributed by atoms with E-state index in [1.54, 1.807) is 11.3 Å². The second kappa shape index (κ2) is 9.01. The molecule has 17 heavy (non-hydrogen) atoms. The molecule has 1 aromatic rings. The van der Waals surface area contributed by atoms with Gasteiger partial charge in [-0.25, -0.2) is 0 Å². The molecule has 1 nitrogen and oxygen atoms in total. The molecule has 1 heterocycles. The normalized spacial score (nSPS) is 13.2. The Morgan fingerprint density at radius 1 is 1.41 bits per heavy atom. The molecule has 1 N–H and O–H groups in total. The van der Waals surface area contributed by atoms with E-state index in [9.17, 15) is 0 Å². The highest BCUT2D eigenvalue weighted by atomic mass is 32.2. The molecule has 0 saturated heterocycles. The zero-order chi connectivity index (χ0) is 12.5. The van der Waals surface area contributed by atoms with Crippen molar-refractivity contribution in [3.8, 4) is 0 Å². The molecule has 0 amide bonds. The van der Waals surface area contributed by atoms with Crippen LogP contribution >= 0.6 is 23.1 Å². The van der Waals surface area contributed by atoms with Crippen molar-refractivity contribution in [2.45, 2.75) is 51.3 Å². The van der Waals surface area contributed by atoms with Crippen LogP contribution in [0.2, 0.25) is 0 Å². The van der Waals surface area contributed by atoms with Crippen molar-refractivity contribution < 1.29 is 0 Å². The molecule has 3 heteroatoms. The number of thiophene rings is 1. The molecule has 0 saturated carbocycles. The van der Waals surface area contributed by atoms with E-state index >= 15 is 0 Å². The molecular formula is C14H25NS2. The van der Waals surface area contributed by atoms with E-state index in [1.165, 1.54) is 30.6 Å². The third kappa shape index (κ3) is 7.12. The monoisotopic (exact) mass is 271 g/mol. The molecule has 0 aliphatic heterocycles. The van der Waals surface area contributed by atoms with Gasteiger partial charge in [0.15, 0.2) is 0 Å². The van der Waals surface area contributed by atoms with Gasteiger partial charge in [0.25, 0.3) is 0 Å². The fourth-order valence-corrected chi connectivity index (χ4v) is 3.28. The lowest BCUT2D eigenvalue weighted by Gasteiger charge is -2.19. The van der Waals surface area contributed by atoms with Gasteiger partial charge in [0.1, 0.15) is 0 Å². The maximum Gasteiger partial charge on any atom is 0.0161 e. The number of thioether (sulfide) groups is 1. The summed E-state index contributed by atoms with van der Waals surface area (Å²) in [6.45, 7) is 7.94. The van der Waals surface area contributed by atoms with E-state index in [1.807, 2.05) is 0 Å². The van der Waals surface area contributed by atoms with Gasteiger partial charge in [0.2, 0.25) is 0 Å². The first-order valence-corrected chi connectivity index (χ1v) is 8.57. The first-order chi connectivity index (χ1) is 8.22. The molecular weight excluding hydrogens is 246 g/mol. The Morgan fingerprint density at radius 3 is 2.82 bits per heavy atom. The molecule has 0 aliphatic carbocycles. The van der Waals surface area contributed by atoms with Crippen LogP contribution in [0, 0.1) is 0 Å². The largest absolute Gasteiger partial charge is 0.313 e. The molecule has 1 unspecified atom stereocenters. The summed E-state index contributed by atoms with van der Waals surface area (Å²) in [5, 5.41) is 8.85. The summed E-state index contributed by atoms with van der Waals surface area (Å²) >= 11 is 3.87. The summed E-state index contributed by atoms with van der Waals surface area (Å²) in [6, 6.07) is 2.92. The van der Waals surface area contributed by atoms with Gasteiger partial charge < -0.3 is 5.32 Å². The van der Waals surface area contributed by atoms with Crippen molar-refractivity contribution in [2.24, 2.45) is 0 Å². The van der Waals surface area contributed by atoms with Crippen molar-refractivity contribution >= 4 is 23.1 Å². The molecule has 0 fully saturated rings. The van der Waals surface area contributed by atoms with E-state index in [-0.39, 0.29) is 0 Å². The maximum absolute atomic E-state index is 3.67. The second-order valence-corrected chi connectivity index (χ2v) is 7.09. The lowest BCUT2D eigenvalue weighted by molar-refractivity contribution is 0.520. The molecule has 98 valence electrons. The van der Waals surface area contributed by atoms with Gasteiger partial charge in [-0.2, -0.15) is 23.1 Å². The van der Waals surface area contributed by atoms with Gasteiger partial charge in [0.05, 0.1) is 0 Å². The predicted molar refractivity (Wildman–Crippen MR) is 82.3 cm³/mol. The summed E-state index contributed by atoms with van der Waals surface area (Å²) in [4.78, 5) is 0. The van der Waals surface area contributed by atoms with Gasteiger partial charge in [-0.1, -0.05) is 20.8 Å². The Labute approximate surface area is 114 Å². The third-order valence-electron chi connectivity index (χ3n) is 2.68. The van der Waals surface area contributed by atoms with Crippen LogP contribution in [-0.2, 0) is 6.42 Å². The summed E-state index contributed by atoms with van der Waals surface area (Å²) < 4.78 is 0. The van der Waals surface area contributed by atoms with Crippen LogP contribution in [0.1, 0.15) is 39.2 Å². The van der Waals surface area contributed by atoms with Crippen molar-refractivity contribution in [1.82, 2.24) is 5.32 Å². The molecule has 0 spiro atoms. The molecule has 0 bridgehead atoms. The smallest absolute Gasteiger partial charge is 0.0161 e. The second-order valence-electron chi connectivity index (χ2n) is 4.70. The molecule has 1 rings (SSSR count). The van der Waals surface area contributed by atoms with Crippen molar-refractivity contribution in [3.05, 3.63) is 22.4 Å². The standard InChI is InChI=1S/C14H25NS2/c1-4-8-15-14(11-17-12(2)3)6-5-13-7-9-16-10-13/h7,9-10,12,14-15H,4-6,8,11H2,1-3H3. The number of rotatable bonds is 9. The van der Waals surface area contributed by atoms with Crippen LogP contribution in [0.3, 0.4) is 0 Å². The Kier molecular flexibility index (Phi) is 7.99. The Balaban J connectivity index is 2.28. The summed E-state index contributed by atoms with van der Waals surface area (Å²) in [5.74, 6) is 1.24. The Hall–Kier alpha value is 0.01000. The predicted octanol–water partition coefficient (Wildman–Crippen LogP) is 4.19. The fourth-order valence-electron chi connectivity index (χ4n) is 1.68. The van der Waals surface area contributed by atoms with Crippen LogP contribution in [0.5, 0.6) is 0 Å². The summed E-state index contributed by atoms with van der Waals surface area (Å²) in [5.41, 5.74) is 1.49. The molecule has 0 aliphatic rings. The molecule has 0 aromatic carbocycles. The topological polar surface area (TPSA) is 12.0 Å². The molecule has 1 aromatic heterocycles. The number of hydrogen-bond donors (Lipinski definition) is 1. The summed E-state index contributed by atoms with van der Waals surface area (Å²) in [6.07, 6.45) is 3.70. The van der Waals surface area contributed by atoms with E-state index in [4.69, 9.17) is 0 Å². The van der Waals surface area contributed by atoms with Crippen LogP contribution in [0.25, 0.3) is 0 Å². The van der Waals surface area contributed by atoms with E-state index in [0.29, 0.717) is 6.04 Å². The van der Waals surface area contributed by atoms with Crippen molar-refractivity contribution in [1.29, 1.82) is 0 Å². The van der Waals surface area contributed by atoms with Gasteiger partial charge >= 0.3 is 0 Å². The number of aryl methyl sites for hydroxylation is 1. The Bertz CT molecular complexity index is 270. The average Bonchev–Trinajstić information content (AvgIpc) is 2.80. The summed E-state index contributed by atoms with van der Waals surface area (Å²) in [7, 11) is 0. The highest BCUT2D eigenvalue weighted by Crippen LogP contribution is 2.15. The third-order valence-corrected chi connectivity index (χ3v) is 4.67. The highest BCUT2D eigenvalue weighted by Gasteiger charge is 2.09. The van der Waals surface area contributed by atoms with Crippen molar-refractivity contribution in [3.63, 3.8) is 0 Å². The van der Waals surface area contributed by atoms with Crippen LogP contribution in [0.4, 0.5) is 0 Å².